The van der Waals surface area contributed by atoms with E-state index in [9.17, 15) is 9.90 Å². The maximum Gasteiger partial charge on any atom is 0.224 e. The number of para-hydroxylation sites is 1. The van der Waals surface area contributed by atoms with Crippen molar-refractivity contribution in [3.05, 3.63) is 42.0 Å². The standard InChI is InChI=1S/C19H26N2O2/c22-17-9-11-21(12-10-17)14-16-7-3-4-8-18(16)20-19(23)13-15-5-1-2-6-15/h1,3-5,7-8,15,17,22H,2,6,9-14H2,(H,20,23)/t15-/m1/s1. The predicted molar refractivity (Wildman–Crippen MR) is 92.1 cm³/mol. The van der Waals surface area contributed by atoms with Crippen molar-refractivity contribution >= 4 is 11.6 Å². The van der Waals surface area contributed by atoms with E-state index in [1.165, 1.54) is 0 Å². The van der Waals surface area contributed by atoms with Crippen LogP contribution in [-0.2, 0) is 11.3 Å². The highest BCUT2D eigenvalue weighted by Crippen LogP contribution is 2.23. The number of nitrogens with one attached hydrogen (secondary N) is 1. The molecule has 124 valence electrons. The van der Waals surface area contributed by atoms with Crippen LogP contribution in [0.15, 0.2) is 36.4 Å². The first-order valence-electron chi connectivity index (χ1n) is 8.65. The van der Waals surface area contributed by atoms with Crippen LogP contribution in [0.5, 0.6) is 0 Å². The van der Waals surface area contributed by atoms with Gasteiger partial charge in [-0.3, -0.25) is 9.69 Å². The predicted octanol–water partition coefficient (Wildman–Crippen LogP) is 2.94. The van der Waals surface area contributed by atoms with Crippen molar-refractivity contribution in [3.8, 4) is 0 Å². The molecule has 2 aliphatic rings. The van der Waals surface area contributed by atoms with E-state index in [4.69, 9.17) is 0 Å². The van der Waals surface area contributed by atoms with Crippen LogP contribution in [0.2, 0.25) is 0 Å². The van der Waals surface area contributed by atoms with Gasteiger partial charge in [0.15, 0.2) is 0 Å². The Morgan fingerprint density at radius 3 is 2.74 bits per heavy atom. The number of carbonyl (C=O) groups is 1. The fourth-order valence-corrected chi connectivity index (χ4v) is 3.40. The summed E-state index contributed by atoms with van der Waals surface area (Å²) >= 11 is 0. The molecule has 1 aliphatic carbocycles. The van der Waals surface area contributed by atoms with Crippen LogP contribution in [0.3, 0.4) is 0 Å². The molecule has 3 rings (SSSR count). The van der Waals surface area contributed by atoms with Gasteiger partial charge in [0.25, 0.3) is 0 Å². The second kappa shape index (κ2) is 7.75. The second-order valence-electron chi connectivity index (χ2n) is 6.68. The molecule has 1 aromatic carbocycles. The lowest BCUT2D eigenvalue weighted by Crippen LogP contribution is -2.35. The van der Waals surface area contributed by atoms with Gasteiger partial charge in [-0.05, 0) is 43.2 Å². The molecule has 0 bridgehead atoms. The van der Waals surface area contributed by atoms with E-state index < -0.39 is 0 Å². The Bertz CT molecular complexity index is 562. The van der Waals surface area contributed by atoms with Crippen molar-refractivity contribution < 1.29 is 9.90 Å². The van der Waals surface area contributed by atoms with Gasteiger partial charge in [0.05, 0.1) is 6.10 Å². The summed E-state index contributed by atoms with van der Waals surface area (Å²) in [5.74, 6) is 0.494. The molecule has 0 saturated carbocycles. The Morgan fingerprint density at radius 1 is 1.22 bits per heavy atom. The number of piperidine rings is 1. The Kier molecular flexibility index (Phi) is 5.47. The van der Waals surface area contributed by atoms with E-state index in [0.717, 1.165) is 56.6 Å². The molecule has 1 aromatic rings. The third kappa shape index (κ3) is 4.66. The molecule has 4 heteroatoms. The monoisotopic (exact) mass is 314 g/mol. The Labute approximate surface area is 138 Å². The molecular formula is C19H26N2O2. The Morgan fingerprint density at radius 2 is 2.00 bits per heavy atom. The SMILES string of the molecule is O=C(C[C@@H]1C=CCC1)Nc1ccccc1CN1CCC(O)CC1. The van der Waals surface area contributed by atoms with Crippen molar-refractivity contribution in [2.45, 2.75) is 44.8 Å². The van der Waals surface area contributed by atoms with Crippen molar-refractivity contribution in [1.82, 2.24) is 4.90 Å². The third-order valence-corrected chi connectivity index (χ3v) is 4.80. The van der Waals surface area contributed by atoms with Gasteiger partial charge in [0, 0.05) is 31.7 Å². The zero-order chi connectivity index (χ0) is 16.1. The minimum absolute atomic E-state index is 0.100. The summed E-state index contributed by atoms with van der Waals surface area (Å²) in [4.78, 5) is 14.6. The molecule has 4 nitrogen and oxygen atoms in total. The van der Waals surface area contributed by atoms with E-state index >= 15 is 0 Å². The van der Waals surface area contributed by atoms with Gasteiger partial charge in [0.2, 0.25) is 5.91 Å². The fourth-order valence-electron chi connectivity index (χ4n) is 3.40. The number of hydrogen-bond acceptors (Lipinski definition) is 3. The van der Waals surface area contributed by atoms with Crippen LogP contribution in [0.25, 0.3) is 0 Å². The molecule has 23 heavy (non-hydrogen) atoms. The van der Waals surface area contributed by atoms with Gasteiger partial charge in [-0.25, -0.2) is 0 Å². The number of carbonyl (C=O) groups excluding carboxylic acids is 1. The van der Waals surface area contributed by atoms with Crippen molar-refractivity contribution in [2.75, 3.05) is 18.4 Å². The summed E-state index contributed by atoms with van der Waals surface area (Å²) in [5.41, 5.74) is 2.07. The van der Waals surface area contributed by atoms with Crippen molar-refractivity contribution in [2.24, 2.45) is 5.92 Å². The summed E-state index contributed by atoms with van der Waals surface area (Å²) in [7, 11) is 0. The lowest BCUT2D eigenvalue weighted by Gasteiger charge is -2.30. The smallest absolute Gasteiger partial charge is 0.224 e. The number of anilines is 1. The largest absolute Gasteiger partial charge is 0.393 e. The molecule has 1 atom stereocenters. The molecule has 1 saturated heterocycles. The van der Waals surface area contributed by atoms with Gasteiger partial charge in [-0.1, -0.05) is 30.4 Å². The Hall–Kier alpha value is -1.65. The summed E-state index contributed by atoms with van der Waals surface area (Å²) in [6.07, 6.45) is 8.59. The normalized spacial score (nSPS) is 22.4. The van der Waals surface area contributed by atoms with Crippen molar-refractivity contribution in [3.63, 3.8) is 0 Å². The lowest BCUT2D eigenvalue weighted by molar-refractivity contribution is -0.116. The highest BCUT2D eigenvalue weighted by atomic mass is 16.3. The number of amides is 1. The van der Waals surface area contributed by atoms with Gasteiger partial charge >= 0.3 is 0 Å². The first-order valence-corrected chi connectivity index (χ1v) is 8.65. The first-order chi connectivity index (χ1) is 11.2. The van der Waals surface area contributed by atoms with Crippen LogP contribution in [0, 0.1) is 5.92 Å². The maximum atomic E-state index is 12.3. The van der Waals surface area contributed by atoms with Crippen LogP contribution in [0.1, 0.15) is 37.7 Å². The molecule has 1 heterocycles. The van der Waals surface area contributed by atoms with E-state index in [-0.39, 0.29) is 12.0 Å². The van der Waals surface area contributed by atoms with Gasteiger partial charge in [-0.15, -0.1) is 0 Å². The zero-order valence-electron chi connectivity index (χ0n) is 13.6. The number of hydrogen-bond donors (Lipinski definition) is 2. The lowest BCUT2D eigenvalue weighted by atomic mass is 10.0. The van der Waals surface area contributed by atoms with Crippen molar-refractivity contribution in [1.29, 1.82) is 0 Å². The molecule has 0 unspecified atom stereocenters. The molecular weight excluding hydrogens is 288 g/mol. The average molecular weight is 314 g/mol. The third-order valence-electron chi connectivity index (χ3n) is 4.80. The summed E-state index contributed by atoms with van der Waals surface area (Å²) < 4.78 is 0. The summed E-state index contributed by atoms with van der Waals surface area (Å²) in [6.45, 7) is 2.65. The summed E-state index contributed by atoms with van der Waals surface area (Å²) in [5, 5.41) is 12.7. The molecule has 1 aliphatic heterocycles. The zero-order valence-corrected chi connectivity index (χ0v) is 13.6. The van der Waals surface area contributed by atoms with E-state index in [0.29, 0.717) is 12.3 Å². The number of aliphatic hydroxyl groups is 1. The van der Waals surface area contributed by atoms with E-state index in [1.54, 1.807) is 0 Å². The molecule has 1 amide bonds. The van der Waals surface area contributed by atoms with E-state index in [2.05, 4.69) is 28.4 Å². The number of aliphatic hydroxyl groups excluding tert-OH is 1. The maximum absolute atomic E-state index is 12.3. The molecule has 0 aromatic heterocycles. The van der Waals surface area contributed by atoms with Gasteiger partial charge in [-0.2, -0.15) is 0 Å². The Balaban J connectivity index is 1.58. The minimum atomic E-state index is -0.152. The minimum Gasteiger partial charge on any atom is -0.393 e. The quantitative estimate of drug-likeness (QED) is 0.822. The average Bonchev–Trinajstić information content (AvgIpc) is 3.04. The highest BCUT2D eigenvalue weighted by molar-refractivity contribution is 5.91. The molecule has 2 N–H and O–H groups in total. The van der Waals surface area contributed by atoms with Crippen LogP contribution >= 0.6 is 0 Å². The van der Waals surface area contributed by atoms with Gasteiger partial charge < -0.3 is 10.4 Å². The highest BCUT2D eigenvalue weighted by Gasteiger charge is 2.19. The number of benzene rings is 1. The number of likely N-dealkylation sites (tertiary alicyclic amines) is 1. The van der Waals surface area contributed by atoms with Crippen LogP contribution in [-0.4, -0.2) is 35.1 Å². The first kappa shape index (κ1) is 16.2. The second-order valence-corrected chi connectivity index (χ2v) is 6.68. The topological polar surface area (TPSA) is 52.6 Å². The number of rotatable bonds is 5. The number of nitrogens with zero attached hydrogens (tertiary/aromatic N) is 1. The fraction of sp³-hybridized carbons (Fsp3) is 0.526. The molecule has 1 fully saturated rings. The summed E-state index contributed by atoms with van der Waals surface area (Å²) in [6, 6.07) is 8.05. The number of allylic oxidation sites excluding steroid dienone is 2. The molecule has 0 spiro atoms. The van der Waals surface area contributed by atoms with Crippen LogP contribution in [0.4, 0.5) is 5.69 Å². The van der Waals surface area contributed by atoms with Gasteiger partial charge in [0.1, 0.15) is 0 Å². The van der Waals surface area contributed by atoms with E-state index in [1.807, 2.05) is 18.2 Å². The van der Waals surface area contributed by atoms with Crippen LogP contribution < -0.4 is 5.32 Å². The molecule has 0 radical (unpaired) electrons.